The highest BCUT2D eigenvalue weighted by Crippen LogP contribution is 2.31. The van der Waals surface area contributed by atoms with E-state index in [4.69, 9.17) is 23.2 Å². The van der Waals surface area contributed by atoms with Gasteiger partial charge in [-0.25, -0.2) is 4.98 Å². The van der Waals surface area contributed by atoms with E-state index in [9.17, 15) is 5.11 Å². The van der Waals surface area contributed by atoms with E-state index in [1.165, 1.54) is 11.3 Å². The molecule has 0 aliphatic heterocycles. The summed E-state index contributed by atoms with van der Waals surface area (Å²) in [6, 6.07) is 6.92. The number of hydrogen-bond acceptors (Lipinski definition) is 3. The highest BCUT2D eigenvalue weighted by molar-refractivity contribution is 7.16. The van der Waals surface area contributed by atoms with Gasteiger partial charge in [0.15, 0.2) is 0 Å². The first-order valence-corrected chi connectivity index (χ1v) is 5.79. The monoisotopic (exact) mass is 259 g/mol. The van der Waals surface area contributed by atoms with Crippen LogP contribution in [0.3, 0.4) is 0 Å². The average Bonchev–Trinajstić information content (AvgIpc) is 2.64. The van der Waals surface area contributed by atoms with Gasteiger partial charge >= 0.3 is 0 Å². The molecule has 0 saturated heterocycles. The van der Waals surface area contributed by atoms with Crippen LogP contribution in [0.1, 0.15) is 16.5 Å². The van der Waals surface area contributed by atoms with Crippen LogP contribution < -0.4 is 0 Å². The van der Waals surface area contributed by atoms with E-state index in [0.717, 1.165) is 4.88 Å². The molecule has 0 aliphatic rings. The molecule has 0 aromatic carbocycles. The fourth-order valence-electron chi connectivity index (χ4n) is 1.23. The molecule has 2 aromatic heterocycles. The van der Waals surface area contributed by atoms with Crippen molar-refractivity contribution in [2.45, 2.75) is 6.10 Å². The van der Waals surface area contributed by atoms with Crippen LogP contribution in [-0.2, 0) is 0 Å². The van der Waals surface area contributed by atoms with Crippen molar-refractivity contribution in [2.24, 2.45) is 0 Å². The average molecular weight is 260 g/mol. The molecule has 0 spiro atoms. The first kappa shape index (κ1) is 10.9. The molecule has 78 valence electrons. The topological polar surface area (TPSA) is 33.1 Å². The lowest BCUT2D eigenvalue weighted by molar-refractivity contribution is 0.224. The first-order chi connectivity index (χ1) is 7.16. The zero-order valence-electron chi connectivity index (χ0n) is 7.52. The fourth-order valence-corrected chi connectivity index (χ4v) is 2.48. The number of halogens is 2. The molecule has 0 amide bonds. The predicted octanol–water partition coefficient (Wildman–Crippen LogP) is 3.53. The van der Waals surface area contributed by atoms with Crippen molar-refractivity contribution in [3.63, 3.8) is 0 Å². The summed E-state index contributed by atoms with van der Waals surface area (Å²) in [4.78, 5) is 4.65. The summed E-state index contributed by atoms with van der Waals surface area (Å²) in [6.45, 7) is 0. The van der Waals surface area contributed by atoms with Gasteiger partial charge in [0.25, 0.3) is 0 Å². The summed E-state index contributed by atoms with van der Waals surface area (Å²) in [6.07, 6.45) is 0.874. The smallest absolute Gasteiger partial charge is 0.129 e. The molecular formula is C10H7Cl2NOS. The van der Waals surface area contributed by atoms with Crippen LogP contribution in [0.2, 0.25) is 9.49 Å². The molecule has 1 N–H and O–H groups in total. The van der Waals surface area contributed by atoms with Gasteiger partial charge in [0.1, 0.15) is 11.3 Å². The van der Waals surface area contributed by atoms with Crippen LogP contribution in [0, 0.1) is 0 Å². The minimum absolute atomic E-state index is 0.370. The molecule has 2 aromatic rings. The quantitative estimate of drug-likeness (QED) is 0.838. The largest absolute Gasteiger partial charge is 0.383 e. The number of aliphatic hydroxyl groups is 1. The minimum atomic E-state index is -0.692. The van der Waals surface area contributed by atoms with Crippen molar-refractivity contribution in [3.05, 3.63) is 50.4 Å². The summed E-state index contributed by atoms with van der Waals surface area (Å²) < 4.78 is 0.657. The number of thiophene rings is 1. The van der Waals surface area contributed by atoms with Crippen LogP contribution in [-0.4, -0.2) is 10.1 Å². The maximum absolute atomic E-state index is 9.99. The number of nitrogens with zero attached hydrogens (tertiary/aromatic N) is 1. The SMILES string of the molecule is OC(c1ccnc(Cl)c1)c1ccc(Cl)s1. The first-order valence-electron chi connectivity index (χ1n) is 4.21. The minimum Gasteiger partial charge on any atom is -0.383 e. The van der Waals surface area contributed by atoms with Crippen molar-refractivity contribution >= 4 is 34.5 Å². The molecule has 0 fully saturated rings. The standard InChI is InChI=1S/C10H7Cl2NOS/c11-8-5-6(3-4-13-8)10(14)7-1-2-9(12)15-7/h1-5,10,14H. The van der Waals surface area contributed by atoms with Gasteiger partial charge in [-0.2, -0.15) is 0 Å². The molecular weight excluding hydrogens is 253 g/mol. The van der Waals surface area contributed by atoms with Crippen LogP contribution in [0.4, 0.5) is 0 Å². The Bertz CT molecular complexity index is 472. The molecule has 0 aliphatic carbocycles. The highest BCUT2D eigenvalue weighted by atomic mass is 35.5. The predicted molar refractivity (Wildman–Crippen MR) is 62.6 cm³/mol. The maximum atomic E-state index is 9.99. The van der Waals surface area contributed by atoms with Crippen molar-refractivity contribution in [2.75, 3.05) is 0 Å². The fraction of sp³-hybridized carbons (Fsp3) is 0.100. The molecule has 0 saturated carbocycles. The van der Waals surface area contributed by atoms with Crippen LogP contribution >= 0.6 is 34.5 Å². The Morgan fingerprint density at radius 2 is 2.07 bits per heavy atom. The number of pyridine rings is 1. The number of aliphatic hydroxyl groups excluding tert-OH is 1. The molecule has 2 nitrogen and oxygen atoms in total. The van der Waals surface area contributed by atoms with Crippen LogP contribution in [0.15, 0.2) is 30.5 Å². The lowest BCUT2D eigenvalue weighted by Crippen LogP contribution is -1.96. The van der Waals surface area contributed by atoms with E-state index in [2.05, 4.69) is 4.98 Å². The number of hydrogen-bond donors (Lipinski definition) is 1. The summed E-state index contributed by atoms with van der Waals surface area (Å²) in [5.74, 6) is 0. The second-order valence-electron chi connectivity index (χ2n) is 2.96. The number of rotatable bonds is 2. The van der Waals surface area contributed by atoms with E-state index in [0.29, 0.717) is 15.1 Å². The molecule has 0 bridgehead atoms. The third-order valence-corrected chi connectivity index (χ3v) is 3.42. The molecule has 1 unspecified atom stereocenters. The third-order valence-electron chi connectivity index (χ3n) is 1.93. The molecule has 5 heteroatoms. The number of aromatic nitrogens is 1. The summed E-state index contributed by atoms with van der Waals surface area (Å²) in [7, 11) is 0. The summed E-state index contributed by atoms with van der Waals surface area (Å²) in [5, 5.41) is 10.4. The van der Waals surface area contributed by atoms with Gasteiger partial charge in [0.2, 0.25) is 0 Å². The van der Waals surface area contributed by atoms with Crippen LogP contribution in [0.5, 0.6) is 0 Å². The maximum Gasteiger partial charge on any atom is 0.129 e. The molecule has 2 heterocycles. The third kappa shape index (κ3) is 2.49. The van der Waals surface area contributed by atoms with Crippen molar-refractivity contribution < 1.29 is 5.11 Å². The Kier molecular flexibility index (Phi) is 3.26. The molecule has 15 heavy (non-hydrogen) atoms. The lowest BCUT2D eigenvalue weighted by Gasteiger charge is -2.08. The van der Waals surface area contributed by atoms with E-state index in [-0.39, 0.29) is 0 Å². The molecule has 0 radical (unpaired) electrons. The van der Waals surface area contributed by atoms with Crippen molar-refractivity contribution in [1.29, 1.82) is 0 Å². The van der Waals surface area contributed by atoms with Crippen molar-refractivity contribution in [3.8, 4) is 0 Å². The van der Waals surface area contributed by atoms with Gasteiger partial charge in [-0.05, 0) is 29.8 Å². The van der Waals surface area contributed by atoms with Gasteiger partial charge in [-0.1, -0.05) is 23.2 Å². The van der Waals surface area contributed by atoms with Crippen LogP contribution in [0.25, 0.3) is 0 Å². The van der Waals surface area contributed by atoms with E-state index >= 15 is 0 Å². The van der Waals surface area contributed by atoms with Gasteiger partial charge < -0.3 is 5.11 Å². The Morgan fingerprint density at radius 1 is 1.27 bits per heavy atom. The zero-order chi connectivity index (χ0) is 10.8. The van der Waals surface area contributed by atoms with Gasteiger partial charge in [-0.15, -0.1) is 11.3 Å². The summed E-state index contributed by atoms with van der Waals surface area (Å²) >= 11 is 12.9. The van der Waals surface area contributed by atoms with Gasteiger partial charge in [-0.3, -0.25) is 0 Å². The lowest BCUT2D eigenvalue weighted by atomic mass is 10.1. The van der Waals surface area contributed by atoms with Gasteiger partial charge in [0.05, 0.1) is 4.34 Å². The Labute approximate surface area is 101 Å². The highest BCUT2D eigenvalue weighted by Gasteiger charge is 2.12. The van der Waals surface area contributed by atoms with Crippen molar-refractivity contribution in [1.82, 2.24) is 4.98 Å². The Morgan fingerprint density at radius 3 is 2.67 bits per heavy atom. The second-order valence-corrected chi connectivity index (χ2v) is 5.09. The Balaban J connectivity index is 2.32. The molecule has 1 atom stereocenters. The summed E-state index contributed by atoms with van der Waals surface area (Å²) in [5.41, 5.74) is 0.716. The van der Waals surface area contributed by atoms with E-state index < -0.39 is 6.10 Å². The van der Waals surface area contributed by atoms with E-state index in [1.807, 2.05) is 0 Å². The Hall–Kier alpha value is -0.610. The normalized spacial score (nSPS) is 12.7. The molecule has 2 rings (SSSR count). The van der Waals surface area contributed by atoms with Gasteiger partial charge in [0, 0.05) is 11.1 Å². The van der Waals surface area contributed by atoms with E-state index in [1.54, 1.807) is 30.5 Å². The zero-order valence-corrected chi connectivity index (χ0v) is 9.85. The second kappa shape index (κ2) is 4.49.